The fourth-order valence-electron chi connectivity index (χ4n) is 3.61. The van der Waals surface area contributed by atoms with Crippen molar-refractivity contribution in [1.82, 2.24) is 14.9 Å². The first-order valence-electron chi connectivity index (χ1n) is 9.95. The molecule has 1 aliphatic heterocycles. The second-order valence-corrected chi connectivity index (χ2v) is 7.48. The summed E-state index contributed by atoms with van der Waals surface area (Å²) in [6.07, 6.45) is 1.77. The summed E-state index contributed by atoms with van der Waals surface area (Å²) < 4.78 is 10.6. The number of benzene rings is 2. The van der Waals surface area contributed by atoms with Crippen molar-refractivity contribution in [2.75, 3.05) is 45.3 Å². The van der Waals surface area contributed by atoms with Crippen molar-refractivity contribution in [3.05, 3.63) is 65.3 Å². The number of nitrogens with zero attached hydrogens (tertiary/aromatic N) is 4. The van der Waals surface area contributed by atoms with Crippen LogP contribution in [0, 0.1) is 0 Å². The zero-order chi connectivity index (χ0) is 21.8. The van der Waals surface area contributed by atoms with Crippen molar-refractivity contribution in [3.63, 3.8) is 0 Å². The van der Waals surface area contributed by atoms with Crippen LogP contribution in [0.15, 0.2) is 54.7 Å². The lowest BCUT2D eigenvalue weighted by molar-refractivity contribution is 0.0746. The quantitative estimate of drug-likeness (QED) is 0.604. The minimum absolute atomic E-state index is 0.0878. The summed E-state index contributed by atoms with van der Waals surface area (Å²) in [6.45, 7) is 2.51. The molecule has 1 fully saturated rings. The van der Waals surface area contributed by atoms with Crippen LogP contribution in [0.3, 0.4) is 0 Å². The number of hydrogen-bond donors (Lipinski definition) is 0. The third kappa shape index (κ3) is 4.41. The number of rotatable bonds is 5. The molecule has 0 unspecified atom stereocenters. The van der Waals surface area contributed by atoms with Crippen LogP contribution in [-0.2, 0) is 0 Å². The lowest BCUT2D eigenvalue weighted by Crippen LogP contribution is -2.49. The average Bonchev–Trinajstić information content (AvgIpc) is 2.83. The number of ether oxygens (including phenoxy) is 2. The van der Waals surface area contributed by atoms with Gasteiger partial charge in [-0.1, -0.05) is 41.9 Å². The van der Waals surface area contributed by atoms with Crippen LogP contribution in [0.5, 0.6) is 11.5 Å². The van der Waals surface area contributed by atoms with Gasteiger partial charge in [-0.2, -0.15) is 0 Å². The second kappa shape index (κ2) is 9.22. The van der Waals surface area contributed by atoms with Gasteiger partial charge >= 0.3 is 0 Å². The molecule has 1 saturated heterocycles. The number of hydrogen-bond acceptors (Lipinski definition) is 6. The summed E-state index contributed by atoms with van der Waals surface area (Å²) in [4.78, 5) is 26.1. The number of carbonyl (C=O) groups is 1. The van der Waals surface area contributed by atoms with E-state index in [0.717, 1.165) is 11.4 Å². The molecule has 0 spiro atoms. The molecule has 1 aliphatic rings. The maximum absolute atomic E-state index is 13.0. The lowest BCUT2D eigenvalue weighted by atomic mass is 10.1. The zero-order valence-electron chi connectivity index (χ0n) is 17.4. The summed E-state index contributed by atoms with van der Waals surface area (Å²) in [6, 6.07) is 15.1. The Morgan fingerprint density at radius 3 is 2.42 bits per heavy atom. The van der Waals surface area contributed by atoms with Crippen LogP contribution in [0.4, 0.5) is 5.82 Å². The Morgan fingerprint density at radius 1 is 1.00 bits per heavy atom. The molecule has 4 rings (SSSR count). The summed E-state index contributed by atoms with van der Waals surface area (Å²) in [5.74, 6) is 2.32. The van der Waals surface area contributed by atoms with E-state index >= 15 is 0 Å². The van der Waals surface area contributed by atoms with E-state index in [1.54, 1.807) is 18.3 Å². The predicted octanol–water partition coefficient (Wildman–Crippen LogP) is 3.78. The number of methoxy groups -OCH3 is 2. The maximum Gasteiger partial charge on any atom is 0.254 e. The molecule has 0 radical (unpaired) electrons. The Kier molecular flexibility index (Phi) is 6.23. The SMILES string of the molecule is COc1cc(C(=O)N2CCN(c3ccnc(-c4ccccc4)n3)CC2)cc(Cl)c1OC. The molecular weight excluding hydrogens is 416 g/mol. The fraction of sp³-hybridized carbons (Fsp3) is 0.261. The number of halogens is 1. The first kappa shape index (κ1) is 20.9. The molecule has 160 valence electrons. The predicted molar refractivity (Wildman–Crippen MR) is 120 cm³/mol. The van der Waals surface area contributed by atoms with Gasteiger partial charge in [0.2, 0.25) is 0 Å². The first-order valence-corrected chi connectivity index (χ1v) is 10.3. The van der Waals surface area contributed by atoms with Crippen molar-refractivity contribution < 1.29 is 14.3 Å². The van der Waals surface area contributed by atoms with Crippen LogP contribution >= 0.6 is 11.6 Å². The molecule has 8 heteroatoms. The van der Waals surface area contributed by atoms with E-state index in [1.165, 1.54) is 14.2 Å². The average molecular weight is 439 g/mol. The van der Waals surface area contributed by atoms with Gasteiger partial charge in [0.15, 0.2) is 17.3 Å². The molecule has 0 N–H and O–H groups in total. The maximum atomic E-state index is 13.0. The van der Waals surface area contributed by atoms with Crippen LogP contribution in [0.2, 0.25) is 5.02 Å². The van der Waals surface area contributed by atoms with E-state index in [1.807, 2.05) is 41.3 Å². The number of anilines is 1. The highest BCUT2D eigenvalue weighted by atomic mass is 35.5. The molecule has 2 aromatic carbocycles. The van der Waals surface area contributed by atoms with Gasteiger partial charge in [0, 0.05) is 43.5 Å². The Labute approximate surface area is 186 Å². The highest BCUT2D eigenvalue weighted by molar-refractivity contribution is 6.32. The van der Waals surface area contributed by atoms with Gasteiger partial charge in [-0.3, -0.25) is 4.79 Å². The highest BCUT2D eigenvalue weighted by Gasteiger charge is 2.25. The Bertz CT molecular complexity index is 1070. The van der Waals surface area contributed by atoms with E-state index in [9.17, 15) is 4.79 Å². The number of piperazine rings is 1. The fourth-order valence-corrected chi connectivity index (χ4v) is 3.90. The molecular formula is C23H23ClN4O3. The molecule has 0 atom stereocenters. The molecule has 0 aliphatic carbocycles. The Morgan fingerprint density at radius 2 is 1.74 bits per heavy atom. The van der Waals surface area contributed by atoms with E-state index in [2.05, 4.69) is 9.88 Å². The van der Waals surface area contributed by atoms with Crippen LogP contribution in [0.1, 0.15) is 10.4 Å². The van der Waals surface area contributed by atoms with Gasteiger partial charge in [0.1, 0.15) is 5.82 Å². The summed E-state index contributed by atoms with van der Waals surface area (Å²) >= 11 is 6.27. The van der Waals surface area contributed by atoms with Crippen LogP contribution in [0.25, 0.3) is 11.4 Å². The molecule has 0 saturated carbocycles. The van der Waals surface area contributed by atoms with Crippen molar-refractivity contribution in [3.8, 4) is 22.9 Å². The van der Waals surface area contributed by atoms with Crippen molar-refractivity contribution in [1.29, 1.82) is 0 Å². The van der Waals surface area contributed by atoms with E-state index in [-0.39, 0.29) is 5.91 Å². The van der Waals surface area contributed by atoms with E-state index in [0.29, 0.717) is 54.1 Å². The molecule has 1 amide bonds. The molecule has 0 bridgehead atoms. The van der Waals surface area contributed by atoms with Crippen molar-refractivity contribution in [2.24, 2.45) is 0 Å². The van der Waals surface area contributed by atoms with Gasteiger partial charge in [-0.25, -0.2) is 9.97 Å². The lowest BCUT2D eigenvalue weighted by Gasteiger charge is -2.35. The number of carbonyl (C=O) groups excluding carboxylic acids is 1. The van der Waals surface area contributed by atoms with Gasteiger partial charge in [0.25, 0.3) is 5.91 Å². The highest BCUT2D eigenvalue weighted by Crippen LogP contribution is 2.36. The topological polar surface area (TPSA) is 67.8 Å². The molecule has 2 heterocycles. The summed E-state index contributed by atoms with van der Waals surface area (Å²) in [5.41, 5.74) is 1.45. The van der Waals surface area contributed by atoms with Gasteiger partial charge < -0.3 is 19.3 Å². The smallest absolute Gasteiger partial charge is 0.254 e. The third-order valence-corrected chi connectivity index (χ3v) is 5.53. The zero-order valence-corrected chi connectivity index (χ0v) is 18.2. The minimum atomic E-state index is -0.0878. The number of amides is 1. The summed E-state index contributed by atoms with van der Waals surface area (Å²) in [5, 5.41) is 0.346. The van der Waals surface area contributed by atoms with E-state index in [4.69, 9.17) is 26.1 Å². The molecule has 7 nitrogen and oxygen atoms in total. The first-order chi connectivity index (χ1) is 15.1. The van der Waals surface area contributed by atoms with E-state index < -0.39 is 0 Å². The standard InChI is InChI=1S/C23H23ClN4O3/c1-30-19-15-17(14-18(24)21(19)31-2)23(29)28-12-10-27(11-13-28)20-8-9-25-22(26-20)16-6-4-3-5-7-16/h3-9,14-15H,10-13H2,1-2H3. The second-order valence-electron chi connectivity index (χ2n) is 7.08. The summed E-state index contributed by atoms with van der Waals surface area (Å²) in [7, 11) is 3.04. The minimum Gasteiger partial charge on any atom is -0.493 e. The monoisotopic (exact) mass is 438 g/mol. The normalized spacial score (nSPS) is 13.8. The van der Waals surface area contributed by atoms with Gasteiger partial charge in [0.05, 0.1) is 19.2 Å². The van der Waals surface area contributed by atoms with Crippen molar-refractivity contribution in [2.45, 2.75) is 0 Å². The van der Waals surface area contributed by atoms with Crippen molar-refractivity contribution >= 4 is 23.3 Å². The number of aromatic nitrogens is 2. The molecule has 31 heavy (non-hydrogen) atoms. The third-order valence-electron chi connectivity index (χ3n) is 5.24. The van der Waals surface area contributed by atoms with Crippen LogP contribution in [-0.4, -0.2) is 61.2 Å². The largest absolute Gasteiger partial charge is 0.493 e. The van der Waals surface area contributed by atoms with Gasteiger partial charge in [-0.05, 0) is 18.2 Å². The van der Waals surface area contributed by atoms with Gasteiger partial charge in [-0.15, -0.1) is 0 Å². The van der Waals surface area contributed by atoms with Crippen LogP contribution < -0.4 is 14.4 Å². The molecule has 1 aromatic heterocycles. The Hall–Kier alpha value is -3.32. The Balaban J connectivity index is 1.46. The molecule has 3 aromatic rings.